The van der Waals surface area contributed by atoms with E-state index in [1.807, 2.05) is 18.2 Å². The third kappa shape index (κ3) is 6.80. The van der Waals surface area contributed by atoms with Gasteiger partial charge in [0.2, 0.25) is 0 Å². The molecule has 0 aliphatic heterocycles. The number of rotatable bonds is 11. The standard InChI is InChI=1S/C16H27NO4/c1-4-14(17)11-13-12-15(19-3)5-6-16(13)21-10-9-20-8-7-18-2/h5-6,12,14H,4,7-11,17H2,1-3H3. The van der Waals surface area contributed by atoms with Crippen LogP contribution in [-0.4, -0.2) is 46.7 Å². The van der Waals surface area contributed by atoms with Crippen molar-refractivity contribution in [1.82, 2.24) is 0 Å². The molecule has 0 saturated carbocycles. The van der Waals surface area contributed by atoms with Gasteiger partial charge in [0.25, 0.3) is 0 Å². The van der Waals surface area contributed by atoms with Crippen molar-refractivity contribution < 1.29 is 18.9 Å². The summed E-state index contributed by atoms with van der Waals surface area (Å²) < 4.78 is 21.3. The summed E-state index contributed by atoms with van der Waals surface area (Å²) in [6.07, 6.45) is 1.70. The van der Waals surface area contributed by atoms with Crippen LogP contribution >= 0.6 is 0 Å². The Labute approximate surface area is 127 Å². The van der Waals surface area contributed by atoms with Gasteiger partial charge in [-0.2, -0.15) is 0 Å². The summed E-state index contributed by atoms with van der Waals surface area (Å²) in [5.41, 5.74) is 7.11. The maximum atomic E-state index is 6.04. The van der Waals surface area contributed by atoms with E-state index in [4.69, 9.17) is 24.7 Å². The number of ether oxygens (including phenoxy) is 4. The highest BCUT2D eigenvalue weighted by atomic mass is 16.5. The topological polar surface area (TPSA) is 62.9 Å². The molecule has 21 heavy (non-hydrogen) atoms. The fraction of sp³-hybridized carbons (Fsp3) is 0.625. The average Bonchev–Trinajstić information content (AvgIpc) is 2.51. The molecule has 0 radical (unpaired) electrons. The molecular weight excluding hydrogens is 270 g/mol. The molecule has 0 heterocycles. The molecule has 1 rings (SSSR count). The van der Waals surface area contributed by atoms with Crippen LogP contribution in [0.4, 0.5) is 0 Å². The van der Waals surface area contributed by atoms with Crippen molar-refractivity contribution in [3.63, 3.8) is 0 Å². The lowest BCUT2D eigenvalue weighted by molar-refractivity contribution is 0.0542. The van der Waals surface area contributed by atoms with Crippen molar-refractivity contribution in [3.05, 3.63) is 23.8 Å². The number of methoxy groups -OCH3 is 2. The Hall–Kier alpha value is -1.30. The second-order valence-corrected chi connectivity index (χ2v) is 4.80. The fourth-order valence-electron chi connectivity index (χ4n) is 1.86. The van der Waals surface area contributed by atoms with Gasteiger partial charge in [-0.25, -0.2) is 0 Å². The zero-order valence-corrected chi connectivity index (χ0v) is 13.3. The van der Waals surface area contributed by atoms with Crippen molar-refractivity contribution in [2.75, 3.05) is 40.6 Å². The molecule has 0 amide bonds. The summed E-state index contributed by atoms with van der Waals surface area (Å²) in [5, 5.41) is 0. The molecule has 1 aromatic rings. The first-order valence-electron chi connectivity index (χ1n) is 7.33. The molecule has 5 nitrogen and oxygen atoms in total. The molecule has 0 aromatic heterocycles. The quantitative estimate of drug-likeness (QED) is 0.633. The zero-order valence-electron chi connectivity index (χ0n) is 13.3. The Morgan fingerprint density at radius 2 is 1.86 bits per heavy atom. The van der Waals surface area contributed by atoms with E-state index in [1.54, 1.807) is 14.2 Å². The largest absolute Gasteiger partial charge is 0.497 e. The Morgan fingerprint density at radius 3 is 2.52 bits per heavy atom. The van der Waals surface area contributed by atoms with E-state index in [9.17, 15) is 0 Å². The molecule has 1 aromatic carbocycles. The lowest BCUT2D eigenvalue weighted by Crippen LogP contribution is -2.22. The Kier molecular flexibility index (Phi) is 8.82. The second-order valence-electron chi connectivity index (χ2n) is 4.80. The van der Waals surface area contributed by atoms with Gasteiger partial charge < -0.3 is 24.7 Å². The van der Waals surface area contributed by atoms with Gasteiger partial charge in [0.05, 0.1) is 26.9 Å². The Balaban J connectivity index is 2.54. The number of nitrogens with two attached hydrogens (primary N) is 1. The zero-order chi connectivity index (χ0) is 15.5. The van der Waals surface area contributed by atoms with E-state index in [0.717, 1.165) is 29.9 Å². The van der Waals surface area contributed by atoms with Crippen LogP contribution in [-0.2, 0) is 15.9 Å². The molecule has 1 atom stereocenters. The van der Waals surface area contributed by atoms with Gasteiger partial charge in [-0.15, -0.1) is 0 Å². The highest BCUT2D eigenvalue weighted by molar-refractivity contribution is 5.40. The maximum absolute atomic E-state index is 6.04. The van der Waals surface area contributed by atoms with Gasteiger partial charge in [0.15, 0.2) is 0 Å². The van der Waals surface area contributed by atoms with Gasteiger partial charge in [0.1, 0.15) is 18.1 Å². The van der Waals surface area contributed by atoms with E-state index in [0.29, 0.717) is 26.4 Å². The summed E-state index contributed by atoms with van der Waals surface area (Å²) in [5.74, 6) is 1.66. The van der Waals surface area contributed by atoms with Crippen LogP contribution in [0, 0.1) is 0 Å². The lowest BCUT2D eigenvalue weighted by atomic mass is 10.0. The molecule has 0 aliphatic rings. The molecule has 0 bridgehead atoms. The van der Waals surface area contributed by atoms with Gasteiger partial charge >= 0.3 is 0 Å². The fourth-order valence-corrected chi connectivity index (χ4v) is 1.86. The molecule has 120 valence electrons. The normalized spacial score (nSPS) is 12.2. The molecular formula is C16H27NO4. The molecule has 0 saturated heterocycles. The van der Waals surface area contributed by atoms with Crippen LogP contribution < -0.4 is 15.2 Å². The lowest BCUT2D eigenvalue weighted by Gasteiger charge is -2.15. The molecule has 1 unspecified atom stereocenters. The third-order valence-corrected chi connectivity index (χ3v) is 3.19. The van der Waals surface area contributed by atoms with E-state index < -0.39 is 0 Å². The number of benzene rings is 1. The molecule has 0 aliphatic carbocycles. The van der Waals surface area contributed by atoms with Crippen molar-refractivity contribution in [2.24, 2.45) is 5.73 Å². The smallest absolute Gasteiger partial charge is 0.122 e. The van der Waals surface area contributed by atoms with Crippen LogP contribution in [0.25, 0.3) is 0 Å². The predicted octanol–water partition coefficient (Wildman–Crippen LogP) is 2.02. The predicted molar refractivity (Wildman–Crippen MR) is 83.2 cm³/mol. The molecule has 0 spiro atoms. The third-order valence-electron chi connectivity index (χ3n) is 3.19. The summed E-state index contributed by atoms with van der Waals surface area (Å²) in [6.45, 7) is 4.29. The molecule has 0 fully saturated rings. The van der Waals surface area contributed by atoms with Crippen molar-refractivity contribution >= 4 is 0 Å². The van der Waals surface area contributed by atoms with Crippen molar-refractivity contribution in [1.29, 1.82) is 0 Å². The number of hydrogen-bond donors (Lipinski definition) is 1. The summed E-state index contributed by atoms with van der Waals surface area (Å²) >= 11 is 0. The first-order chi connectivity index (χ1) is 10.2. The van der Waals surface area contributed by atoms with Crippen molar-refractivity contribution in [3.8, 4) is 11.5 Å². The van der Waals surface area contributed by atoms with Crippen LogP contribution in [0.5, 0.6) is 11.5 Å². The minimum Gasteiger partial charge on any atom is -0.497 e. The minimum absolute atomic E-state index is 0.123. The molecule has 2 N–H and O–H groups in total. The van der Waals surface area contributed by atoms with Gasteiger partial charge in [-0.3, -0.25) is 0 Å². The van der Waals surface area contributed by atoms with Crippen LogP contribution in [0.15, 0.2) is 18.2 Å². The van der Waals surface area contributed by atoms with E-state index in [1.165, 1.54) is 0 Å². The number of hydrogen-bond acceptors (Lipinski definition) is 5. The van der Waals surface area contributed by atoms with Crippen LogP contribution in [0.1, 0.15) is 18.9 Å². The van der Waals surface area contributed by atoms with E-state index >= 15 is 0 Å². The van der Waals surface area contributed by atoms with Gasteiger partial charge in [-0.05, 0) is 36.6 Å². The summed E-state index contributed by atoms with van der Waals surface area (Å²) in [6, 6.07) is 5.92. The SMILES string of the molecule is CCC(N)Cc1cc(OC)ccc1OCCOCCOC. The summed E-state index contributed by atoms with van der Waals surface area (Å²) in [7, 11) is 3.31. The Bertz CT molecular complexity index is 398. The van der Waals surface area contributed by atoms with Crippen molar-refractivity contribution in [2.45, 2.75) is 25.8 Å². The van der Waals surface area contributed by atoms with Gasteiger partial charge in [0, 0.05) is 13.2 Å². The molecule has 5 heteroatoms. The van der Waals surface area contributed by atoms with Crippen LogP contribution in [0.2, 0.25) is 0 Å². The van der Waals surface area contributed by atoms with Crippen LogP contribution in [0.3, 0.4) is 0 Å². The highest BCUT2D eigenvalue weighted by Crippen LogP contribution is 2.25. The minimum atomic E-state index is 0.123. The first kappa shape index (κ1) is 17.8. The first-order valence-corrected chi connectivity index (χ1v) is 7.33. The van der Waals surface area contributed by atoms with E-state index in [2.05, 4.69) is 6.92 Å². The monoisotopic (exact) mass is 297 g/mol. The summed E-state index contributed by atoms with van der Waals surface area (Å²) in [4.78, 5) is 0. The Morgan fingerprint density at radius 1 is 1.10 bits per heavy atom. The van der Waals surface area contributed by atoms with Gasteiger partial charge in [-0.1, -0.05) is 6.92 Å². The highest BCUT2D eigenvalue weighted by Gasteiger charge is 2.09. The average molecular weight is 297 g/mol. The second kappa shape index (κ2) is 10.4. The van der Waals surface area contributed by atoms with E-state index in [-0.39, 0.29) is 6.04 Å². The maximum Gasteiger partial charge on any atom is 0.122 e.